The number of hydrogen-bond acceptors (Lipinski definition) is 4. The molecule has 4 aromatic rings. The van der Waals surface area contributed by atoms with Gasteiger partial charge < -0.3 is 4.98 Å². The van der Waals surface area contributed by atoms with Crippen molar-refractivity contribution in [3.05, 3.63) is 71.0 Å². The van der Waals surface area contributed by atoms with E-state index in [-0.39, 0.29) is 0 Å². The minimum Gasteiger partial charge on any atom is -0.352 e. The number of nitrogens with zero attached hydrogens (tertiary/aromatic N) is 4. The van der Waals surface area contributed by atoms with Gasteiger partial charge in [0.25, 0.3) is 0 Å². The number of aromatic nitrogens is 5. The number of hydrogen-bond donors (Lipinski definition) is 1. The average Bonchev–Trinajstić information content (AvgIpc) is 3.10. The van der Waals surface area contributed by atoms with Crippen LogP contribution in [0.3, 0.4) is 0 Å². The SMILES string of the molecule is Cc1cc(C)nc(-c2ccc(-c3ccc(-c4cc(C)cc(C)n4)[nH]3)nn2)c1. The van der Waals surface area contributed by atoms with Crippen molar-refractivity contribution < 1.29 is 0 Å². The number of rotatable bonds is 3. The standard InChI is InChI=1S/C22H21N5/c1-13-9-15(3)23-21(11-13)18-6-5-17(25-18)19-7-8-20(27-26-19)22-12-14(2)10-16(4)24-22/h5-12,25H,1-4H3. The van der Waals surface area contributed by atoms with Crippen LogP contribution < -0.4 is 0 Å². The van der Waals surface area contributed by atoms with E-state index in [1.165, 1.54) is 11.1 Å². The molecule has 0 saturated heterocycles. The molecule has 0 unspecified atom stereocenters. The number of aromatic amines is 1. The molecule has 4 aromatic heterocycles. The number of aryl methyl sites for hydroxylation is 4. The molecule has 1 N–H and O–H groups in total. The lowest BCUT2D eigenvalue weighted by molar-refractivity contribution is 1.02. The maximum absolute atomic E-state index is 4.61. The molecule has 0 atom stereocenters. The van der Waals surface area contributed by atoms with E-state index >= 15 is 0 Å². The van der Waals surface area contributed by atoms with Gasteiger partial charge in [0.1, 0.15) is 11.4 Å². The van der Waals surface area contributed by atoms with Gasteiger partial charge in [0.05, 0.1) is 22.8 Å². The molecule has 0 aliphatic carbocycles. The normalized spacial score (nSPS) is 11.0. The van der Waals surface area contributed by atoms with Gasteiger partial charge in [-0.25, -0.2) is 0 Å². The van der Waals surface area contributed by atoms with Gasteiger partial charge in [0, 0.05) is 11.4 Å². The zero-order valence-electron chi connectivity index (χ0n) is 15.9. The van der Waals surface area contributed by atoms with Crippen LogP contribution in [0.4, 0.5) is 0 Å². The van der Waals surface area contributed by atoms with Crippen LogP contribution in [0.25, 0.3) is 34.2 Å². The van der Waals surface area contributed by atoms with E-state index in [4.69, 9.17) is 0 Å². The van der Waals surface area contributed by atoms with Crippen molar-refractivity contribution in [1.82, 2.24) is 25.1 Å². The first kappa shape index (κ1) is 17.1. The van der Waals surface area contributed by atoms with Crippen molar-refractivity contribution in [1.29, 1.82) is 0 Å². The van der Waals surface area contributed by atoms with Gasteiger partial charge in [-0.1, -0.05) is 0 Å². The maximum atomic E-state index is 4.61. The van der Waals surface area contributed by atoms with Gasteiger partial charge in [0.2, 0.25) is 0 Å². The van der Waals surface area contributed by atoms with Crippen molar-refractivity contribution >= 4 is 0 Å². The summed E-state index contributed by atoms with van der Waals surface area (Å²) in [5.74, 6) is 0. The number of pyridine rings is 2. The first-order chi connectivity index (χ1) is 13.0. The highest BCUT2D eigenvalue weighted by molar-refractivity contribution is 5.65. The maximum Gasteiger partial charge on any atom is 0.111 e. The van der Waals surface area contributed by atoms with E-state index in [1.54, 1.807) is 0 Å². The van der Waals surface area contributed by atoms with Crippen molar-refractivity contribution in [2.45, 2.75) is 27.7 Å². The summed E-state index contributed by atoms with van der Waals surface area (Å²) in [7, 11) is 0. The molecule has 0 aliphatic heterocycles. The van der Waals surface area contributed by atoms with Gasteiger partial charge in [-0.05, 0) is 87.4 Å². The third-order valence-electron chi connectivity index (χ3n) is 4.36. The van der Waals surface area contributed by atoms with E-state index < -0.39 is 0 Å². The molecule has 5 heteroatoms. The Morgan fingerprint density at radius 1 is 0.556 bits per heavy atom. The largest absolute Gasteiger partial charge is 0.352 e. The average molecular weight is 355 g/mol. The number of nitrogens with one attached hydrogen (secondary N) is 1. The molecule has 134 valence electrons. The Morgan fingerprint density at radius 2 is 1.07 bits per heavy atom. The minimum absolute atomic E-state index is 0.772. The lowest BCUT2D eigenvalue weighted by atomic mass is 10.1. The van der Waals surface area contributed by atoms with Gasteiger partial charge in [0.15, 0.2) is 0 Å². The highest BCUT2D eigenvalue weighted by atomic mass is 15.1. The summed E-state index contributed by atoms with van der Waals surface area (Å²) in [6.07, 6.45) is 0. The zero-order valence-corrected chi connectivity index (χ0v) is 15.9. The van der Waals surface area contributed by atoms with Crippen LogP contribution >= 0.6 is 0 Å². The molecule has 0 saturated carbocycles. The van der Waals surface area contributed by atoms with Crippen molar-refractivity contribution in [3.8, 4) is 34.2 Å². The topological polar surface area (TPSA) is 67.3 Å². The third kappa shape index (κ3) is 3.62. The third-order valence-corrected chi connectivity index (χ3v) is 4.36. The summed E-state index contributed by atoms with van der Waals surface area (Å²) >= 11 is 0. The molecule has 0 aromatic carbocycles. The van der Waals surface area contributed by atoms with E-state index in [9.17, 15) is 0 Å². The van der Waals surface area contributed by atoms with Crippen LogP contribution in [0.15, 0.2) is 48.5 Å². The van der Waals surface area contributed by atoms with Crippen LogP contribution in [-0.4, -0.2) is 25.1 Å². The monoisotopic (exact) mass is 355 g/mol. The highest BCUT2D eigenvalue weighted by Gasteiger charge is 2.09. The fraction of sp³-hybridized carbons (Fsp3) is 0.182. The van der Waals surface area contributed by atoms with E-state index in [2.05, 4.69) is 51.1 Å². The summed E-state index contributed by atoms with van der Waals surface area (Å²) in [4.78, 5) is 12.6. The van der Waals surface area contributed by atoms with Crippen molar-refractivity contribution in [2.75, 3.05) is 0 Å². The fourth-order valence-electron chi connectivity index (χ4n) is 3.26. The molecule has 0 fully saturated rings. The molecular formula is C22H21N5. The zero-order chi connectivity index (χ0) is 19.0. The van der Waals surface area contributed by atoms with Gasteiger partial charge in [-0.15, -0.1) is 10.2 Å². The van der Waals surface area contributed by atoms with E-state index in [0.717, 1.165) is 45.6 Å². The molecule has 5 nitrogen and oxygen atoms in total. The van der Waals surface area contributed by atoms with Crippen LogP contribution in [0.1, 0.15) is 22.5 Å². The molecule has 0 aliphatic rings. The van der Waals surface area contributed by atoms with Crippen LogP contribution in [-0.2, 0) is 0 Å². The first-order valence-corrected chi connectivity index (χ1v) is 8.92. The van der Waals surface area contributed by atoms with Gasteiger partial charge in [-0.3, -0.25) is 9.97 Å². The highest BCUT2D eigenvalue weighted by Crippen LogP contribution is 2.24. The summed E-state index contributed by atoms with van der Waals surface area (Å²) < 4.78 is 0. The Kier molecular flexibility index (Phi) is 4.28. The predicted molar refractivity (Wildman–Crippen MR) is 107 cm³/mol. The smallest absolute Gasteiger partial charge is 0.111 e. The van der Waals surface area contributed by atoms with Crippen LogP contribution in [0, 0.1) is 27.7 Å². The fourth-order valence-corrected chi connectivity index (χ4v) is 3.26. The number of H-pyrrole nitrogens is 1. The molecule has 27 heavy (non-hydrogen) atoms. The van der Waals surface area contributed by atoms with Gasteiger partial charge in [-0.2, -0.15) is 0 Å². The predicted octanol–water partition coefficient (Wildman–Crippen LogP) is 4.83. The Hall–Kier alpha value is -3.34. The Morgan fingerprint density at radius 3 is 1.67 bits per heavy atom. The second-order valence-electron chi connectivity index (χ2n) is 6.93. The van der Waals surface area contributed by atoms with Crippen molar-refractivity contribution in [2.24, 2.45) is 0 Å². The van der Waals surface area contributed by atoms with E-state index in [0.29, 0.717) is 0 Å². The first-order valence-electron chi connectivity index (χ1n) is 8.92. The minimum atomic E-state index is 0.772. The Labute approximate surface area is 158 Å². The molecule has 0 bridgehead atoms. The quantitative estimate of drug-likeness (QED) is 0.571. The molecule has 0 amide bonds. The van der Waals surface area contributed by atoms with Crippen molar-refractivity contribution in [3.63, 3.8) is 0 Å². The molecule has 0 spiro atoms. The van der Waals surface area contributed by atoms with Gasteiger partial charge >= 0.3 is 0 Å². The lowest BCUT2D eigenvalue weighted by Gasteiger charge is -2.04. The Bertz CT molecular complexity index is 1070. The lowest BCUT2D eigenvalue weighted by Crippen LogP contribution is -1.95. The molecule has 4 heterocycles. The summed E-state index contributed by atoms with van der Waals surface area (Å²) in [6, 6.07) is 16.2. The van der Waals surface area contributed by atoms with Crippen LogP contribution in [0.5, 0.6) is 0 Å². The van der Waals surface area contributed by atoms with Crippen LogP contribution in [0.2, 0.25) is 0 Å². The Balaban J connectivity index is 1.64. The molecule has 4 rings (SSSR count). The molecular weight excluding hydrogens is 334 g/mol. The summed E-state index contributed by atoms with van der Waals surface area (Å²) in [5, 5.41) is 8.75. The summed E-state index contributed by atoms with van der Waals surface area (Å²) in [6.45, 7) is 8.13. The summed E-state index contributed by atoms with van der Waals surface area (Å²) in [5.41, 5.74) is 9.57. The van der Waals surface area contributed by atoms with E-state index in [1.807, 2.05) is 50.2 Å². The second-order valence-corrected chi connectivity index (χ2v) is 6.93. The molecule has 0 radical (unpaired) electrons. The second kappa shape index (κ2) is 6.76.